The molecule has 1 atom stereocenters. The van der Waals surface area contributed by atoms with Crippen LogP contribution >= 0.6 is 0 Å². The van der Waals surface area contributed by atoms with E-state index >= 15 is 0 Å². The van der Waals surface area contributed by atoms with Crippen LogP contribution in [0.1, 0.15) is 40.9 Å². The van der Waals surface area contributed by atoms with E-state index < -0.39 is 11.9 Å². The molecule has 1 amide bonds. The Morgan fingerprint density at radius 2 is 1.96 bits per heavy atom. The monoisotopic (exact) mass is 310 g/mol. The third-order valence-electron chi connectivity index (χ3n) is 4.34. The fourth-order valence-corrected chi connectivity index (χ4v) is 3.13. The van der Waals surface area contributed by atoms with Gasteiger partial charge in [-0.2, -0.15) is 0 Å². The van der Waals surface area contributed by atoms with Gasteiger partial charge in [0.05, 0.1) is 11.5 Å². The van der Waals surface area contributed by atoms with Gasteiger partial charge in [0.1, 0.15) is 0 Å². The van der Waals surface area contributed by atoms with Gasteiger partial charge in [0.2, 0.25) is 0 Å². The van der Waals surface area contributed by atoms with E-state index in [9.17, 15) is 14.7 Å². The molecule has 5 heteroatoms. The zero-order valence-electron chi connectivity index (χ0n) is 13.2. The van der Waals surface area contributed by atoms with Crippen LogP contribution in [0.4, 0.5) is 5.69 Å². The van der Waals surface area contributed by atoms with E-state index in [1.807, 2.05) is 38.1 Å². The Bertz CT molecular complexity index is 846. The number of carboxylic acid groups (broad SMARTS) is 1. The summed E-state index contributed by atoms with van der Waals surface area (Å²) in [5.74, 6) is -1.60. The normalized spacial score (nSPS) is 16.3. The quantitative estimate of drug-likeness (QED) is 0.761. The second-order valence-electron chi connectivity index (χ2n) is 5.82. The lowest BCUT2D eigenvalue weighted by Gasteiger charge is -2.07. The summed E-state index contributed by atoms with van der Waals surface area (Å²) in [6.45, 7) is 5.40. The molecule has 1 aliphatic rings. The standard InChI is InChI=1S/C18H18N2O3/c1-9-15(19-11(3)16(9)10(2)18(22)23)8-13-12-6-4-5-7-14(12)20-17(13)21/h4-8,10,19H,1-3H3,(H,20,21)(H,22,23). The molecule has 0 aliphatic carbocycles. The molecule has 0 bridgehead atoms. The van der Waals surface area contributed by atoms with Crippen molar-refractivity contribution in [3.05, 3.63) is 52.3 Å². The lowest BCUT2D eigenvalue weighted by molar-refractivity contribution is -0.138. The Balaban J connectivity index is 2.09. The van der Waals surface area contributed by atoms with Crippen LogP contribution in [0.5, 0.6) is 0 Å². The zero-order valence-corrected chi connectivity index (χ0v) is 13.2. The first-order valence-electron chi connectivity index (χ1n) is 7.44. The molecule has 23 heavy (non-hydrogen) atoms. The molecule has 0 radical (unpaired) electrons. The van der Waals surface area contributed by atoms with E-state index in [4.69, 9.17) is 0 Å². The van der Waals surface area contributed by atoms with E-state index in [2.05, 4.69) is 10.3 Å². The zero-order chi connectivity index (χ0) is 16.7. The molecule has 0 saturated heterocycles. The summed E-state index contributed by atoms with van der Waals surface area (Å²) in [4.78, 5) is 26.7. The minimum atomic E-state index is -0.863. The molecule has 118 valence electrons. The summed E-state index contributed by atoms with van der Waals surface area (Å²) in [6, 6.07) is 7.51. The van der Waals surface area contributed by atoms with Crippen molar-refractivity contribution in [3.8, 4) is 0 Å². The molecule has 3 rings (SSSR count). The number of hydrogen-bond donors (Lipinski definition) is 3. The summed E-state index contributed by atoms with van der Waals surface area (Å²) in [5, 5.41) is 12.1. The van der Waals surface area contributed by atoms with Gasteiger partial charge >= 0.3 is 5.97 Å². The fraction of sp³-hybridized carbons (Fsp3) is 0.222. The van der Waals surface area contributed by atoms with Crippen molar-refractivity contribution in [1.82, 2.24) is 4.98 Å². The lowest BCUT2D eigenvalue weighted by atomic mass is 9.96. The van der Waals surface area contributed by atoms with Gasteiger partial charge in [0.25, 0.3) is 5.91 Å². The van der Waals surface area contributed by atoms with Crippen molar-refractivity contribution < 1.29 is 14.7 Å². The molecule has 0 spiro atoms. The van der Waals surface area contributed by atoms with Gasteiger partial charge in [0.15, 0.2) is 0 Å². The van der Waals surface area contributed by atoms with E-state index in [-0.39, 0.29) is 5.91 Å². The Hall–Kier alpha value is -2.82. The predicted molar refractivity (Wildman–Crippen MR) is 89.3 cm³/mol. The number of anilines is 1. The topological polar surface area (TPSA) is 82.2 Å². The Kier molecular flexibility index (Phi) is 3.56. The summed E-state index contributed by atoms with van der Waals surface area (Å²) in [7, 11) is 0. The average Bonchev–Trinajstić information content (AvgIpc) is 2.96. The van der Waals surface area contributed by atoms with Gasteiger partial charge in [-0.1, -0.05) is 18.2 Å². The minimum Gasteiger partial charge on any atom is -0.481 e. The van der Waals surface area contributed by atoms with Crippen LogP contribution < -0.4 is 5.32 Å². The number of hydrogen-bond acceptors (Lipinski definition) is 2. The van der Waals surface area contributed by atoms with Crippen LogP contribution in [0.15, 0.2) is 24.3 Å². The van der Waals surface area contributed by atoms with Crippen LogP contribution in [0.3, 0.4) is 0 Å². The van der Waals surface area contributed by atoms with Crippen LogP contribution in [0.25, 0.3) is 11.6 Å². The van der Waals surface area contributed by atoms with Gasteiger partial charge in [-0.15, -0.1) is 0 Å². The highest BCUT2D eigenvalue weighted by Crippen LogP contribution is 2.34. The van der Waals surface area contributed by atoms with Crippen LogP contribution in [0.2, 0.25) is 0 Å². The molecule has 1 aromatic carbocycles. The molecule has 2 heterocycles. The van der Waals surface area contributed by atoms with Gasteiger partial charge in [-0.3, -0.25) is 9.59 Å². The SMILES string of the molecule is Cc1[nH]c(C=C2C(=O)Nc3ccccc32)c(C)c1C(C)C(=O)O. The van der Waals surface area contributed by atoms with Crippen molar-refractivity contribution in [2.24, 2.45) is 0 Å². The highest BCUT2D eigenvalue weighted by Gasteiger charge is 2.26. The molecular formula is C18H18N2O3. The third kappa shape index (κ3) is 2.44. The number of carbonyl (C=O) groups is 2. The number of aromatic amines is 1. The number of benzene rings is 1. The van der Waals surface area contributed by atoms with Crippen molar-refractivity contribution in [2.45, 2.75) is 26.7 Å². The molecule has 0 fully saturated rings. The van der Waals surface area contributed by atoms with Crippen LogP contribution in [-0.4, -0.2) is 22.0 Å². The summed E-state index contributed by atoms with van der Waals surface area (Å²) < 4.78 is 0. The molecule has 3 N–H and O–H groups in total. The number of nitrogens with one attached hydrogen (secondary N) is 2. The first-order valence-corrected chi connectivity index (χ1v) is 7.44. The maximum Gasteiger partial charge on any atom is 0.310 e. The van der Waals surface area contributed by atoms with E-state index in [1.54, 1.807) is 13.0 Å². The van der Waals surface area contributed by atoms with Gasteiger partial charge in [-0.25, -0.2) is 0 Å². The van der Waals surface area contributed by atoms with E-state index in [0.717, 1.165) is 33.8 Å². The number of carbonyl (C=O) groups excluding carboxylic acids is 1. The van der Waals surface area contributed by atoms with Crippen LogP contribution in [0, 0.1) is 13.8 Å². The number of H-pyrrole nitrogens is 1. The summed E-state index contributed by atoms with van der Waals surface area (Å²) >= 11 is 0. The smallest absolute Gasteiger partial charge is 0.310 e. The number of aliphatic carboxylic acids is 1. The predicted octanol–water partition coefficient (Wildman–Crippen LogP) is 3.31. The fourth-order valence-electron chi connectivity index (χ4n) is 3.13. The van der Waals surface area contributed by atoms with E-state index in [1.165, 1.54) is 0 Å². The van der Waals surface area contributed by atoms with Crippen LogP contribution in [-0.2, 0) is 9.59 Å². The van der Waals surface area contributed by atoms with Crippen molar-refractivity contribution in [1.29, 1.82) is 0 Å². The van der Waals surface area contributed by atoms with Crippen molar-refractivity contribution in [3.63, 3.8) is 0 Å². The van der Waals surface area contributed by atoms with Crippen molar-refractivity contribution >= 4 is 29.2 Å². The number of rotatable bonds is 3. The molecule has 1 aromatic heterocycles. The first kappa shape index (κ1) is 15.1. The molecular weight excluding hydrogens is 292 g/mol. The van der Waals surface area contributed by atoms with Crippen molar-refractivity contribution in [2.75, 3.05) is 5.32 Å². The maximum atomic E-state index is 12.2. The number of fused-ring (bicyclic) bond motifs is 1. The van der Waals surface area contributed by atoms with Gasteiger partial charge in [0, 0.05) is 22.6 Å². The molecule has 2 aromatic rings. The number of amides is 1. The number of para-hydroxylation sites is 1. The first-order chi connectivity index (χ1) is 10.9. The molecule has 0 saturated carbocycles. The summed E-state index contributed by atoms with van der Waals surface area (Å²) in [6.07, 6.45) is 1.79. The van der Waals surface area contributed by atoms with E-state index in [0.29, 0.717) is 5.57 Å². The summed E-state index contributed by atoms with van der Waals surface area (Å²) in [5.41, 5.74) is 5.46. The third-order valence-corrected chi connectivity index (χ3v) is 4.34. The Morgan fingerprint density at radius 1 is 1.26 bits per heavy atom. The number of aromatic nitrogens is 1. The van der Waals surface area contributed by atoms with Gasteiger partial charge in [-0.05, 0) is 44.0 Å². The highest BCUT2D eigenvalue weighted by atomic mass is 16.4. The Morgan fingerprint density at radius 3 is 2.65 bits per heavy atom. The second-order valence-corrected chi connectivity index (χ2v) is 5.82. The minimum absolute atomic E-state index is 0.148. The maximum absolute atomic E-state index is 12.2. The largest absolute Gasteiger partial charge is 0.481 e. The highest BCUT2D eigenvalue weighted by molar-refractivity contribution is 6.34. The second kappa shape index (κ2) is 5.43. The number of carboxylic acids is 1. The molecule has 5 nitrogen and oxygen atoms in total. The molecule has 1 unspecified atom stereocenters. The average molecular weight is 310 g/mol. The van der Waals surface area contributed by atoms with Gasteiger partial charge < -0.3 is 15.4 Å². The number of aryl methyl sites for hydroxylation is 1. The lowest BCUT2D eigenvalue weighted by Crippen LogP contribution is -2.09. The Labute approximate surface area is 134 Å². The molecule has 1 aliphatic heterocycles.